The van der Waals surface area contributed by atoms with E-state index in [0.717, 1.165) is 13.1 Å². The molecule has 76 valence electrons. The fourth-order valence-electron chi connectivity index (χ4n) is 2.07. The Bertz CT molecular complexity index is 204. The molecule has 1 saturated carbocycles. The van der Waals surface area contributed by atoms with Gasteiger partial charge >= 0.3 is 5.97 Å². The highest BCUT2D eigenvalue weighted by Gasteiger charge is 2.55. The molecule has 1 aliphatic heterocycles. The van der Waals surface area contributed by atoms with Crippen molar-refractivity contribution in [1.82, 2.24) is 5.32 Å². The summed E-state index contributed by atoms with van der Waals surface area (Å²) in [5.74, 6) is 0.137. The number of halogens is 1. The van der Waals surface area contributed by atoms with Gasteiger partial charge in [0.25, 0.3) is 0 Å². The van der Waals surface area contributed by atoms with Gasteiger partial charge in [-0.2, -0.15) is 0 Å². The van der Waals surface area contributed by atoms with E-state index in [0.29, 0.717) is 12.0 Å². The van der Waals surface area contributed by atoms with E-state index in [1.165, 1.54) is 12.8 Å². The standard InChI is InChI=1S/C9H15NO2.ClH/c1-2-12-8(11)7-5-10-6-9(7)3-4-9;/h7,10H,2-6H2,1H3;1H/t7-;/m1./s1. The summed E-state index contributed by atoms with van der Waals surface area (Å²) >= 11 is 0. The second kappa shape index (κ2) is 3.84. The lowest BCUT2D eigenvalue weighted by atomic mass is 9.93. The van der Waals surface area contributed by atoms with Gasteiger partial charge in [0.1, 0.15) is 0 Å². The summed E-state index contributed by atoms with van der Waals surface area (Å²) in [6.45, 7) is 4.20. The van der Waals surface area contributed by atoms with E-state index < -0.39 is 0 Å². The first-order valence-electron chi connectivity index (χ1n) is 4.66. The molecular weight excluding hydrogens is 190 g/mol. The summed E-state index contributed by atoms with van der Waals surface area (Å²) in [5, 5.41) is 3.26. The lowest BCUT2D eigenvalue weighted by molar-refractivity contribution is -0.149. The summed E-state index contributed by atoms with van der Waals surface area (Å²) in [4.78, 5) is 11.4. The molecule has 3 nitrogen and oxygen atoms in total. The Labute approximate surface area is 84.6 Å². The first-order valence-corrected chi connectivity index (χ1v) is 4.66. The Hall–Kier alpha value is -0.280. The van der Waals surface area contributed by atoms with E-state index in [4.69, 9.17) is 4.74 Å². The number of carbonyl (C=O) groups excluding carboxylic acids is 1. The molecule has 0 unspecified atom stereocenters. The van der Waals surface area contributed by atoms with Crippen LogP contribution in [0.5, 0.6) is 0 Å². The van der Waals surface area contributed by atoms with Crippen LogP contribution in [-0.2, 0) is 9.53 Å². The molecule has 0 bridgehead atoms. The van der Waals surface area contributed by atoms with Crippen LogP contribution < -0.4 is 5.32 Å². The van der Waals surface area contributed by atoms with Crippen LogP contribution >= 0.6 is 12.4 Å². The zero-order valence-electron chi connectivity index (χ0n) is 7.84. The molecule has 1 spiro atoms. The molecule has 0 aromatic carbocycles. The third kappa shape index (κ3) is 1.81. The topological polar surface area (TPSA) is 38.3 Å². The molecule has 2 fully saturated rings. The highest BCUT2D eigenvalue weighted by Crippen LogP contribution is 2.54. The fraction of sp³-hybridized carbons (Fsp3) is 0.889. The van der Waals surface area contributed by atoms with Gasteiger partial charge < -0.3 is 10.1 Å². The van der Waals surface area contributed by atoms with Crippen molar-refractivity contribution in [3.63, 3.8) is 0 Å². The van der Waals surface area contributed by atoms with Crippen LogP contribution in [0.2, 0.25) is 0 Å². The van der Waals surface area contributed by atoms with E-state index in [9.17, 15) is 4.79 Å². The van der Waals surface area contributed by atoms with Gasteiger partial charge in [-0.1, -0.05) is 0 Å². The Morgan fingerprint density at radius 1 is 1.62 bits per heavy atom. The van der Waals surface area contributed by atoms with E-state index >= 15 is 0 Å². The van der Waals surface area contributed by atoms with Gasteiger partial charge in [0.15, 0.2) is 0 Å². The van der Waals surface area contributed by atoms with Crippen molar-refractivity contribution in [3.8, 4) is 0 Å². The third-order valence-corrected chi connectivity index (χ3v) is 3.03. The summed E-state index contributed by atoms with van der Waals surface area (Å²) in [5.41, 5.74) is 0.298. The predicted octanol–water partition coefficient (Wildman–Crippen LogP) is 0.971. The minimum Gasteiger partial charge on any atom is -0.466 e. The van der Waals surface area contributed by atoms with Crippen LogP contribution in [0.3, 0.4) is 0 Å². The minimum atomic E-state index is 0. The summed E-state index contributed by atoms with van der Waals surface area (Å²) < 4.78 is 5.02. The fourth-order valence-corrected chi connectivity index (χ4v) is 2.07. The van der Waals surface area contributed by atoms with Crippen molar-refractivity contribution < 1.29 is 9.53 Å². The van der Waals surface area contributed by atoms with E-state index in [1.54, 1.807) is 0 Å². The lowest BCUT2D eigenvalue weighted by Gasteiger charge is -2.14. The van der Waals surface area contributed by atoms with Crippen LogP contribution in [0.25, 0.3) is 0 Å². The average molecular weight is 206 g/mol. The van der Waals surface area contributed by atoms with Crippen molar-refractivity contribution >= 4 is 18.4 Å². The van der Waals surface area contributed by atoms with Crippen molar-refractivity contribution in [2.24, 2.45) is 11.3 Å². The van der Waals surface area contributed by atoms with Crippen molar-refractivity contribution in [1.29, 1.82) is 0 Å². The number of hydrogen-bond acceptors (Lipinski definition) is 3. The van der Waals surface area contributed by atoms with Crippen LogP contribution in [0.4, 0.5) is 0 Å². The number of nitrogens with one attached hydrogen (secondary N) is 1. The minimum absolute atomic E-state index is 0. The molecule has 0 amide bonds. The first kappa shape index (κ1) is 10.8. The molecule has 0 aromatic rings. The van der Waals surface area contributed by atoms with Crippen LogP contribution in [0.1, 0.15) is 19.8 Å². The van der Waals surface area contributed by atoms with Gasteiger partial charge in [-0.05, 0) is 25.2 Å². The quantitative estimate of drug-likeness (QED) is 0.683. The average Bonchev–Trinajstić information content (AvgIpc) is 2.63. The van der Waals surface area contributed by atoms with E-state index in [-0.39, 0.29) is 24.3 Å². The predicted molar refractivity (Wildman–Crippen MR) is 51.9 cm³/mol. The van der Waals surface area contributed by atoms with Gasteiger partial charge in [0.2, 0.25) is 0 Å². The molecule has 1 atom stereocenters. The number of esters is 1. The highest BCUT2D eigenvalue weighted by molar-refractivity contribution is 5.85. The number of ether oxygens (including phenoxy) is 1. The Balaban J connectivity index is 0.000000845. The molecule has 1 aliphatic carbocycles. The lowest BCUT2D eigenvalue weighted by Crippen LogP contribution is -2.25. The molecule has 2 rings (SSSR count). The Morgan fingerprint density at radius 3 is 2.85 bits per heavy atom. The molecule has 2 aliphatic rings. The zero-order valence-corrected chi connectivity index (χ0v) is 8.65. The van der Waals surface area contributed by atoms with Crippen molar-refractivity contribution in [2.45, 2.75) is 19.8 Å². The molecule has 4 heteroatoms. The molecule has 0 radical (unpaired) electrons. The summed E-state index contributed by atoms with van der Waals surface area (Å²) in [6, 6.07) is 0. The molecule has 1 heterocycles. The maximum absolute atomic E-state index is 11.4. The highest BCUT2D eigenvalue weighted by atomic mass is 35.5. The van der Waals surface area contributed by atoms with E-state index in [2.05, 4.69) is 5.32 Å². The molecule has 1 saturated heterocycles. The molecule has 0 aromatic heterocycles. The van der Waals surface area contributed by atoms with Gasteiger partial charge in [0.05, 0.1) is 12.5 Å². The van der Waals surface area contributed by atoms with E-state index in [1.807, 2.05) is 6.92 Å². The van der Waals surface area contributed by atoms with Crippen molar-refractivity contribution in [2.75, 3.05) is 19.7 Å². The monoisotopic (exact) mass is 205 g/mol. The molecular formula is C9H16ClNO2. The van der Waals surface area contributed by atoms with Crippen LogP contribution in [0.15, 0.2) is 0 Å². The number of rotatable bonds is 2. The van der Waals surface area contributed by atoms with Crippen LogP contribution in [0, 0.1) is 11.3 Å². The SMILES string of the molecule is CCOC(=O)[C@H]1CNCC12CC2.Cl. The third-order valence-electron chi connectivity index (χ3n) is 3.03. The number of carbonyl (C=O) groups is 1. The van der Waals surface area contributed by atoms with Crippen LogP contribution in [-0.4, -0.2) is 25.7 Å². The summed E-state index contributed by atoms with van der Waals surface area (Å²) in [6.07, 6.45) is 2.40. The second-order valence-corrected chi connectivity index (χ2v) is 3.80. The smallest absolute Gasteiger partial charge is 0.310 e. The maximum atomic E-state index is 11.4. The van der Waals surface area contributed by atoms with Gasteiger partial charge in [0, 0.05) is 13.1 Å². The molecule has 13 heavy (non-hydrogen) atoms. The zero-order chi connectivity index (χ0) is 8.60. The second-order valence-electron chi connectivity index (χ2n) is 3.80. The number of hydrogen-bond donors (Lipinski definition) is 1. The van der Waals surface area contributed by atoms with Gasteiger partial charge in [-0.3, -0.25) is 4.79 Å². The normalized spacial score (nSPS) is 28.2. The maximum Gasteiger partial charge on any atom is 0.310 e. The summed E-state index contributed by atoms with van der Waals surface area (Å²) in [7, 11) is 0. The van der Waals surface area contributed by atoms with Crippen molar-refractivity contribution in [3.05, 3.63) is 0 Å². The largest absolute Gasteiger partial charge is 0.466 e. The molecule has 1 N–H and O–H groups in total. The van der Waals surface area contributed by atoms with Gasteiger partial charge in [-0.15, -0.1) is 12.4 Å². The Morgan fingerprint density at radius 2 is 2.31 bits per heavy atom. The first-order chi connectivity index (χ1) is 5.78. The Kier molecular flexibility index (Phi) is 3.19. The van der Waals surface area contributed by atoms with Gasteiger partial charge in [-0.25, -0.2) is 0 Å².